The van der Waals surface area contributed by atoms with Gasteiger partial charge in [0.1, 0.15) is 5.75 Å². The zero-order valence-corrected chi connectivity index (χ0v) is 8.37. The largest absolute Gasteiger partial charge is 0.550 e. The SMILES string of the molecule is COc1ccc(CCC(=O)[O-])cc1C. The molecule has 0 aliphatic rings. The van der Waals surface area contributed by atoms with Gasteiger partial charge in [-0.15, -0.1) is 0 Å². The highest BCUT2D eigenvalue weighted by atomic mass is 16.5. The van der Waals surface area contributed by atoms with Gasteiger partial charge in [-0.05, 0) is 37.0 Å². The fraction of sp³-hybridized carbons (Fsp3) is 0.364. The monoisotopic (exact) mass is 193 g/mol. The highest BCUT2D eigenvalue weighted by molar-refractivity contribution is 5.64. The Morgan fingerprint density at radius 1 is 1.50 bits per heavy atom. The normalized spacial score (nSPS) is 9.86. The summed E-state index contributed by atoms with van der Waals surface area (Å²) >= 11 is 0. The summed E-state index contributed by atoms with van der Waals surface area (Å²) in [5.41, 5.74) is 2.01. The molecule has 0 N–H and O–H groups in total. The molecule has 0 spiro atoms. The van der Waals surface area contributed by atoms with Crippen molar-refractivity contribution < 1.29 is 14.6 Å². The molecule has 0 aromatic heterocycles. The van der Waals surface area contributed by atoms with Crippen LogP contribution in [-0.4, -0.2) is 13.1 Å². The molecule has 0 saturated heterocycles. The molecule has 3 heteroatoms. The summed E-state index contributed by atoms with van der Waals surface area (Å²) in [5.74, 6) is -0.194. The Kier molecular flexibility index (Phi) is 3.51. The topological polar surface area (TPSA) is 49.4 Å². The molecule has 0 aliphatic carbocycles. The fourth-order valence-electron chi connectivity index (χ4n) is 1.34. The lowest BCUT2D eigenvalue weighted by atomic mass is 10.1. The van der Waals surface area contributed by atoms with E-state index in [1.54, 1.807) is 7.11 Å². The van der Waals surface area contributed by atoms with Crippen molar-refractivity contribution >= 4 is 5.97 Å². The van der Waals surface area contributed by atoms with E-state index in [-0.39, 0.29) is 6.42 Å². The number of methoxy groups -OCH3 is 1. The van der Waals surface area contributed by atoms with Crippen LogP contribution in [0.3, 0.4) is 0 Å². The molecule has 0 amide bonds. The first kappa shape index (κ1) is 10.6. The molecule has 0 unspecified atom stereocenters. The third-order valence-corrected chi connectivity index (χ3v) is 2.08. The van der Waals surface area contributed by atoms with Gasteiger partial charge in [-0.1, -0.05) is 12.1 Å². The van der Waals surface area contributed by atoms with Crippen molar-refractivity contribution in [2.24, 2.45) is 0 Å². The third kappa shape index (κ3) is 2.76. The summed E-state index contributed by atoms with van der Waals surface area (Å²) in [4.78, 5) is 10.2. The Labute approximate surface area is 83.3 Å². The van der Waals surface area contributed by atoms with Crippen molar-refractivity contribution in [1.82, 2.24) is 0 Å². The van der Waals surface area contributed by atoms with Crippen LogP contribution in [0.25, 0.3) is 0 Å². The summed E-state index contributed by atoms with van der Waals surface area (Å²) in [6, 6.07) is 5.65. The number of aliphatic carboxylic acids is 1. The molecule has 0 heterocycles. The van der Waals surface area contributed by atoms with Gasteiger partial charge in [-0.3, -0.25) is 0 Å². The van der Waals surface area contributed by atoms with Gasteiger partial charge in [0.2, 0.25) is 0 Å². The van der Waals surface area contributed by atoms with Gasteiger partial charge >= 0.3 is 0 Å². The van der Waals surface area contributed by atoms with Crippen molar-refractivity contribution in [3.05, 3.63) is 29.3 Å². The summed E-state index contributed by atoms with van der Waals surface area (Å²) in [6.45, 7) is 1.93. The first-order valence-electron chi connectivity index (χ1n) is 4.47. The summed E-state index contributed by atoms with van der Waals surface area (Å²) in [5, 5.41) is 10.2. The second kappa shape index (κ2) is 4.65. The maximum absolute atomic E-state index is 10.2. The van der Waals surface area contributed by atoms with E-state index in [4.69, 9.17) is 4.74 Å². The number of rotatable bonds is 4. The van der Waals surface area contributed by atoms with E-state index < -0.39 is 5.97 Å². The highest BCUT2D eigenvalue weighted by Gasteiger charge is 1.99. The molecular weight excluding hydrogens is 180 g/mol. The van der Waals surface area contributed by atoms with Gasteiger partial charge < -0.3 is 14.6 Å². The van der Waals surface area contributed by atoms with Crippen LogP contribution in [0.2, 0.25) is 0 Å². The highest BCUT2D eigenvalue weighted by Crippen LogP contribution is 2.18. The molecule has 1 rings (SSSR count). The summed E-state index contributed by atoms with van der Waals surface area (Å²) in [7, 11) is 1.61. The van der Waals surface area contributed by atoms with E-state index in [9.17, 15) is 9.90 Å². The predicted molar refractivity (Wildman–Crippen MR) is 51.1 cm³/mol. The maximum atomic E-state index is 10.2. The first-order chi connectivity index (χ1) is 6.63. The van der Waals surface area contributed by atoms with Crippen LogP contribution in [0.1, 0.15) is 17.5 Å². The molecule has 0 atom stereocenters. The number of carboxylic acids is 1. The van der Waals surface area contributed by atoms with Crippen LogP contribution in [0, 0.1) is 6.92 Å². The van der Waals surface area contributed by atoms with Gasteiger partial charge in [0, 0.05) is 5.97 Å². The number of carboxylic acid groups (broad SMARTS) is 1. The quantitative estimate of drug-likeness (QED) is 0.706. The molecule has 0 fully saturated rings. The van der Waals surface area contributed by atoms with Crippen molar-refractivity contribution in [1.29, 1.82) is 0 Å². The minimum atomic E-state index is -1.02. The molecule has 76 valence electrons. The molecule has 3 nitrogen and oxygen atoms in total. The fourth-order valence-corrected chi connectivity index (χ4v) is 1.34. The van der Waals surface area contributed by atoms with E-state index in [2.05, 4.69) is 0 Å². The minimum Gasteiger partial charge on any atom is -0.550 e. The minimum absolute atomic E-state index is 0.0613. The lowest BCUT2D eigenvalue weighted by molar-refractivity contribution is -0.305. The number of aryl methyl sites for hydroxylation is 2. The van der Waals surface area contributed by atoms with Gasteiger partial charge in [-0.2, -0.15) is 0 Å². The van der Waals surface area contributed by atoms with Crippen LogP contribution < -0.4 is 9.84 Å². The van der Waals surface area contributed by atoms with E-state index >= 15 is 0 Å². The number of hydrogen-bond donors (Lipinski definition) is 0. The predicted octanol–water partition coefficient (Wildman–Crippen LogP) is 0.686. The zero-order valence-electron chi connectivity index (χ0n) is 8.37. The Bertz CT molecular complexity index is 331. The van der Waals surface area contributed by atoms with Crippen LogP contribution in [0.5, 0.6) is 5.75 Å². The summed E-state index contributed by atoms with van der Waals surface area (Å²) in [6.07, 6.45) is 0.568. The molecule has 1 aromatic rings. The number of hydrogen-bond acceptors (Lipinski definition) is 3. The van der Waals surface area contributed by atoms with Crippen molar-refractivity contribution in [2.45, 2.75) is 19.8 Å². The third-order valence-electron chi connectivity index (χ3n) is 2.08. The molecule has 0 aliphatic heterocycles. The van der Waals surface area contributed by atoms with Crippen molar-refractivity contribution in [3.8, 4) is 5.75 Å². The van der Waals surface area contributed by atoms with Crippen LogP contribution in [0.4, 0.5) is 0 Å². The molecule has 0 saturated carbocycles. The van der Waals surface area contributed by atoms with E-state index in [1.807, 2.05) is 25.1 Å². The van der Waals surface area contributed by atoms with E-state index in [0.29, 0.717) is 6.42 Å². The molecule has 0 bridgehead atoms. The number of ether oxygens (including phenoxy) is 1. The lowest BCUT2D eigenvalue weighted by Gasteiger charge is -2.07. The number of carbonyl (C=O) groups is 1. The Morgan fingerprint density at radius 2 is 2.21 bits per heavy atom. The Hall–Kier alpha value is -1.51. The number of benzene rings is 1. The lowest BCUT2D eigenvalue weighted by Crippen LogP contribution is -2.22. The van der Waals surface area contributed by atoms with Gasteiger partial charge in [0.25, 0.3) is 0 Å². The van der Waals surface area contributed by atoms with Crippen LogP contribution in [-0.2, 0) is 11.2 Å². The van der Waals surface area contributed by atoms with Crippen LogP contribution >= 0.6 is 0 Å². The number of carbonyl (C=O) groups excluding carboxylic acids is 1. The van der Waals surface area contributed by atoms with Gasteiger partial charge in [0.05, 0.1) is 7.11 Å². The van der Waals surface area contributed by atoms with Crippen molar-refractivity contribution in [3.63, 3.8) is 0 Å². The van der Waals surface area contributed by atoms with Crippen LogP contribution in [0.15, 0.2) is 18.2 Å². The maximum Gasteiger partial charge on any atom is 0.121 e. The van der Waals surface area contributed by atoms with E-state index in [0.717, 1.165) is 16.9 Å². The van der Waals surface area contributed by atoms with Gasteiger partial charge in [0.15, 0.2) is 0 Å². The second-order valence-corrected chi connectivity index (χ2v) is 3.18. The zero-order chi connectivity index (χ0) is 10.6. The molecule has 1 aromatic carbocycles. The average molecular weight is 193 g/mol. The standard InChI is InChI=1S/C11H14O3/c1-8-7-9(4-6-11(12)13)3-5-10(8)14-2/h3,5,7H,4,6H2,1-2H3,(H,12,13)/p-1. The first-order valence-corrected chi connectivity index (χ1v) is 4.47. The van der Waals surface area contributed by atoms with E-state index in [1.165, 1.54) is 0 Å². The summed E-state index contributed by atoms with van der Waals surface area (Å²) < 4.78 is 5.10. The molecule has 14 heavy (non-hydrogen) atoms. The average Bonchev–Trinajstić information content (AvgIpc) is 2.15. The van der Waals surface area contributed by atoms with Gasteiger partial charge in [-0.25, -0.2) is 0 Å². The second-order valence-electron chi connectivity index (χ2n) is 3.18. The Balaban J connectivity index is 2.71. The molecular formula is C11H13O3-. The smallest absolute Gasteiger partial charge is 0.121 e. The van der Waals surface area contributed by atoms with Crippen molar-refractivity contribution in [2.75, 3.05) is 7.11 Å². The Morgan fingerprint density at radius 3 is 2.71 bits per heavy atom. The molecule has 0 radical (unpaired) electrons.